The van der Waals surface area contributed by atoms with E-state index in [1.54, 1.807) is 4.90 Å². The summed E-state index contributed by atoms with van der Waals surface area (Å²) in [4.78, 5) is 24.9. The quantitative estimate of drug-likeness (QED) is 0.780. The Hall–Kier alpha value is -1.98. The highest BCUT2D eigenvalue weighted by atomic mass is 19.1. The molecule has 1 aromatic carbocycles. The molecule has 1 aromatic rings. The second kappa shape index (κ2) is 6.65. The van der Waals surface area contributed by atoms with Crippen molar-refractivity contribution in [1.29, 1.82) is 0 Å². The second-order valence-corrected chi connectivity index (χ2v) is 5.10. The minimum Gasteiger partial charge on any atom is -0.465 e. The first-order valence-electron chi connectivity index (χ1n) is 6.87. The highest BCUT2D eigenvalue weighted by molar-refractivity contribution is 5.78. The molecule has 4 nitrogen and oxygen atoms in total. The van der Waals surface area contributed by atoms with E-state index in [4.69, 9.17) is 4.74 Å². The van der Waals surface area contributed by atoms with Crippen molar-refractivity contribution in [1.82, 2.24) is 4.90 Å². The number of hydrogen-bond donors (Lipinski definition) is 0. The fourth-order valence-electron chi connectivity index (χ4n) is 2.37. The maximum absolute atomic E-state index is 13.4. The van der Waals surface area contributed by atoms with Gasteiger partial charge in [-0.3, -0.25) is 9.59 Å². The van der Waals surface area contributed by atoms with Crippen molar-refractivity contribution in [2.45, 2.75) is 19.8 Å². The van der Waals surface area contributed by atoms with Gasteiger partial charge >= 0.3 is 5.97 Å². The molecule has 0 aromatic heterocycles. The SMILES string of the molecule is CCN1C[C@H](COC(=O)Cc2cc(F)ccc2F)CC1=O. The molecule has 0 unspecified atom stereocenters. The van der Waals surface area contributed by atoms with Crippen LogP contribution < -0.4 is 0 Å². The van der Waals surface area contributed by atoms with Crippen LogP contribution in [-0.4, -0.2) is 36.5 Å². The highest BCUT2D eigenvalue weighted by Gasteiger charge is 2.29. The van der Waals surface area contributed by atoms with E-state index < -0.39 is 17.6 Å². The summed E-state index contributed by atoms with van der Waals surface area (Å²) >= 11 is 0. The molecule has 6 heteroatoms. The molecule has 0 bridgehead atoms. The van der Waals surface area contributed by atoms with Gasteiger partial charge in [0.05, 0.1) is 13.0 Å². The van der Waals surface area contributed by atoms with Crippen LogP contribution in [0.3, 0.4) is 0 Å². The van der Waals surface area contributed by atoms with Gasteiger partial charge in [0.1, 0.15) is 11.6 Å². The number of ether oxygens (including phenoxy) is 1. The van der Waals surface area contributed by atoms with Crippen LogP contribution in [0.25, 0.3) is 0 Å². The van der Waals surface area contributed by atoms with Crippen molar-refractivity contribution in [2.75, 3.05) is 19.7 Å². The molecule has 2 rings (SSSR count). The molecule has 1 fully saturated rings. The van der Waals surface area contributed by atoms with Gasteiger partial charge in [0.15, 0.2) is 0 Å². The van der Waals surface area contributed by atoms with Crippen molar-refractivity contribution in [3.63, 3.8) is 0 Å². The Balaban J connectivity index is 1.83. The molecule has 114 valence electrons. The van der Waals surface area contributed by atoms with E-state index in [0.717, 1.165) is 18.2 Å². The minimum atomic E-state index is -0.637. The number of benzene rings is 1. The summed E-state index contributed by atoms with van der Waals surface area (Å²) in [5.41, 5.74) is -0.0299. The summed E-state index contributed by atoms with van der Waals surface area (Å²) in [5, 5.41) is 0. The van der Waals surface area contributed by atoms with Gasteiger partial charge in [-0.15, -0.1) is 0 Å². The van der Waals surface area contributed by atoms with Crippen LogP contribution >= 0.6 is 0 Å². The van der Waals surface area contributed by atoms with E-state index in [2.05, 4.69) is 0 Å². The fraction of sp³-hybridized carbons (Fsp3) is 0.467. The van der Waals surface area contributed by atoms with Gasteiger partial charge in [-0.1, -0.05) is 0 Å². The molecule has 1 saturated heterocycles. The van der Waals surface area contributed by atoms with Crippen LogP contribution in [0.15, 0.2) is 18.2 Å². The molecule has 1 amide bonds. The second-order valence-electron chi connectivity index (χ2n) is 5.10. The smallest absolute Gasteiger partial charge is 0.310 e. The van der Waals surface area contributed by atoms with Gasteiger partial charge in [0.2, 0.25) is 5.91 Å². The third kappa shape index (κ3) is 4.00. The summed E-state index contributed by atoms with van der Waals surface area (Å²) in [6.07, 6.45) is 0.0389. The third-order valence-electron chi connectivity index (χ3n) is 3.50. The number of nitrogens with zero attached hydrogens (tertiary/aromatic N) is 1. The zero-order chi connectivity index (χ0) is 15.4. The normalized spacial score (nSPS) is 18.1. The lowest BCUT2D eigenvalue weighted by Gasteiger charge is -2.13. The number of rotatable bonds is 5. The molecular formula is C15H17F2NO3. The lowest BCUT2D eigenvalue weighted by Crippen LogP contribution is -2.25. The van der Waals surface area contributed by atoms with Gasteiger partial charge < -0.3 is 9.64 Å². The maximum atomic E-state index is 13.4. The largest absolute Gasteiger partial charge is 0.465 e. The topological polar surface area (TPSA) is 46.6 Å². The van der Waals surface area contributed by atoms with E-state index in [1.807, 2.05) is 6.92 Å². The van der Waals surface area contributed by atoms with Gasteiger partial charge in [-0.2, -0.15) is 0 Å². The van der Waals surface area contributed by atoms with Crippen LogP contribution in [0.2, 0.25) is 0 Å². The molecule has 0 N–H and O–H groups in total. The lowest BCUT2D eigenvalue weighted by atomic mass is 10.1. The Kier molecular flexibility index (Phi) is 4.88. The number of likely N-dealkylation sites (tertiary alicyclic amines) is 1. The standard InChI is InChI=1S/C15H17F2NO3/c1-2-18-8-10(5-14(18)19)9-21-15(20)7-11-6-12(16)3-4-13(11)17/h3-4,6,10H,2,5,7-9H2,1H3/t10-/m1/s1. The Morgan fingerprint density at radius 2 is 2.19 bits per heavy atom. The fourth-order valence-corrected chi connectivity index (χ4v) is 2.37. The number of carbonyl (C=O) groups is 2. The van der Waals surface area contributed by atoms with Crippen molar-refractivity contribution in [2.24, 2.45) is 5.92 Å². The Labute approximate surface area is 121 Å². The molecule has 0 saturated carbocycles. The van der Waals surface area contributed by atoms with E-state index in [1.165, 1.54) is 0 Å². The molecule has 0 aliphatic carbocycles. The Morgan fingerprint density at radius 1 is 1.43 bits per heavy atom. The van der Waals surface area contributed by atoms with E-state index in [0.29, 0.717) is 19.5 Å². The van der Waals surface area contributed by atoms with Crippen molar-refractivity contribution in [3.8, 4) is 0 Å². The molecule has 0 radical (unpaired) electrons. The van der Waals surface area contributed by atoms with E-state index >= 15 is 0 Å². The van der Waals surface area contributed by atoms with Crippen molar-refractivity contribution >= 4 is 11.9 Å². The van der Waals surface area contributed by atoms with Gasteiger partial charge in [0.25, 0.3) is 0 Å². The van der Waals surface area contributed by atoms with Crippen molar-refractivity contribution < 1.29 is 23.1 Å². The number of halogens is 2. The number of carbonyl (C=O) groups excluding carboxylic acids is 2. The van der Waals surface area contributed by atoms with Gasteiger partial charge in [-0.05, 0) is 25.1 Å². The molecule has 0 spiro atoms. The predicted octanol–water partition coefficient (Wildman–Crippen LogP) is 1.92. The van der Waals surface area contributed by atoms with Gasteiger partial charge in [-0.25, -0.2) is 8.78 Å². The number of amides is 1. The minimum absolute atomic E-state index is 0.0289. The molecular weight excluding hydrogens is 280 g/mol. The van der Waals surface area contributed by atoms with Gasteiger partial charge in [0, 0.05) is 31.0 Å². The first-order valence-corrected chi connectivity index (χ1v) is 6.87. The summed E-state index contributed by atoms with van der Waals surface area (Å²) in [6, 6.07) is 2.95. The summed E-state index contributed by atoms with van der Waals surface area (Å²) < 4.78 is 31.4. The predicted molar refractivity (Wildman–Crippen MR) is 71.4 cm³/mol. The van der Waals surface area contributed by atoms with Crippen LogP contribution in [0, 0.1) is 17.6 Å². The lowest BCUT2D eigenvalue weighted by molar-refractivity contribution is -0.144. The molecule has 1 aliphatic heterocycles. The van der Waals surface area contributed by atoms with Crippen molar-refractivity contribution in [3.05, 3.63) is 35.4 Å². The van der Waals surface area contributed by atoms with E-state index in [-0.39, 0.29) is 30.4 Å². The zero-order valence-corrected chi connectivity index (χ0v) is 11.8. The Morgan fingerprint density at radius 3 is 2.86 bits per heavy atom. The maximum Gasteiger partial charge on any atom is 0.310 e. The van der Waals surface area contributed by atoms with Crippen LogP contribution in [0.4, 0.5) is 8.78 Å². The average Bonchev–Trinajstić information content (AvgIpc) is 2.81. The summed E-state index contributed by atoms with van der Waals surface area (Å²) in [7, 11) is 0. The van der Waals surface area contributed by atoms with Crippen LogP contribution in [0.1, 0.15) is 18.9 Å². The monoisotopic (exact) mass is 297 g/mol. The van der Waals surface area contributed by atoms with E-state index in [9.17, 15) is 18.4 Å². The number of esters is 1. The Bertz CT molecular complexity index is 548. The summed E-state index contributed by atoms with van der Waals surface area (Å²) in [6.45, 7) is 3.21. The zero-order valence-electron chi connectivity index (χ0n) is 11.8. The number of hydrogen-bond acceptors (Lipinski definition) is 3. The first-order chi connectivity index (χ1) is 9.99. The van der Waals surface area contributed by atoms with Crippen LogP contribution in [0.5, 0.6) is 0 Å². The first kappa shape index (κ1) is 15.4. The summed E-state index contributed by atoms with van der Waals surface area (Å²) in [5.74, 6) is -1.84. The average molecular weight is 297 g/mol. The molecule has 21 heavy (non-hydrogen) atoms. The third-order valence-corrected chi connectivity index (χ3v) is 3.50. The molecule has 1 atom stereocenters. The molecule has 1 heterocycles. The highest BCUT2D eigenvalue weighted by Crippen LogP contribution is 2.18. The van der Waals surface area contributed by atoms with Crippen LogP contribution in [-0.2, 0) is 20.7 Å². The molecule has 1 aliphatic rings.